The number of fused-ring (bicyclic) bond motifs is 1. The molecule has 5 heteroatoms. The van der Waals surface area contributed by atoms with Gasteiger partial charge in [-0.05, 0) is 24.1 Å². The SMILES string of the molecule is CCc1ccc(C#Cc2ccnc(O)c2)c2nsnc12. The van der Waals surface area contributed by atoms with E-state index in [9.17, 15) is 5.11 Å². The van der Waals surface area contributed by atoms with Crippen molar-refractivity contribution in [2.24, 2.45) is 0 Å². The van der Waals surface area contributed by atoms with Crippen LogP contribution in [-0.4, -0.2) is 18.8 Å². The molecule has 1 N–H and O–H groups in total. The molecular formula is C15H11N3OS. The summed E-state index contributed by atoms with van der Waals surface area (Å²) < 4.78 is 8.66. The van der Waals surface area contributed by atoms with Crippen LogP contribution in [0.3, 0.4) is 0 Å². The van der Waals surface area contributed by atoms with Crippen LogP contribution < -0.4 is 0 Å². The third kappa shape index (κ3) is 2.33. The quantitative estimate of drug-likeness (QED) is 0.697. The maximum absolute atomic E-state index is 9.32. The van der Waals surface area contributed by atoms with Crippen molar-refractivity contribution in [1.29, 1.82) is 0 Å². The molecule has 20 heavy (non-hydrogen) atoms. The molecule has 2 aromatic heterocycles. The third-order valence-corrected chi connectivity index (χ3v) is 3.50. The summed E-state index contributed by atoms with van der Waals surface area (Å²) in [5.74, 6) is 6.06. The number of hydrogen-bond donors (Lipinski definition) is 1. The number of nitrogens with zero attached hydrogens (tertiary/aromatic N) is 3. The number of benzene rings is 1. The minimum absolute atomic E-state index is 0.0291. The summed E-state index contributed by atoms with van der Waals surface area (Å²) in [6.07, 6.45) is 2.45. The van der Waals surface area contributed by atoms with Crippen molar-refractivity contribution in [1.82, 2.24) is 13.7 Å². The zero-order chi connectivity index (χ0) is 13.9. The molecule has 4 nitrogen and oxygen atoms in total. The lowest BCUT2D eigenvalue weighted by atomic mass is 10.1. The fraction of sp³-hybridized carbons (Fsp3) is 0.133. The number of aromatic nitrogens is 3. The molecule has 3 rings (SSSR count). The monoisotopic (exact) mass is 281 g/mol. The van der Waals surface area contributed by atoms with Crippen LogP contribution in [0.25, 0.3) is 11.0 Å². The summed E-state index contributed by atoms with van der Waals surface area (Å²) >= 11 is 1.20. The lowest BCUT2D eigenvalue weighted by molar-refractivity contribution is 0.453. The van der Waals surface area contributed by atoms with Gasteiger partial charge in [0.1, 0.15) is 11.0 Å². The Hall–Kier alpha value is -2.45. The van der Waals surface area contributed by atoms with Gasteiger partial charge in [0, 0.05) is 17.8 Å². The lowest BCUT2D eigenvalue weighted by Gasteiger charge is -1.98. The number of hydrogen-bond acceptors (Lipinski definition) is 5. The van der Waals surface area contributed by atoms with Crippen molar-refractivity contribution in [2.45, 2.75) is 13.3 Å². The molecule has 0 amide bonds. The molecule has 0 aliphatic carbocycles. The molecule has 2 heterocycles. The van der Waals surface area contributed by atoms with Gasteiger partial charge in [-0.15, -0.1) is 0 Å². The fourth-order valence-corrected chi connectivity index (χ4v) is 2.53. The molecule has 0 radical (unpaired) electrons. The molecular weight excluding hydrogens is 270 g/mol. The Labute approximate surface area is 120 Å². The standard InChI is InChI=1S/C15H11N3OS/c1-2-11-5-6-12(15-14(11)17-20-18-15)4-3-10-7-8-16-13(19)9-10/h5-9H,2H2,1H3,(H,16,19). The van der Waals surface area contributed by atoms with Crippen LogP contribution in [-0.2, 0) is 6.42 Å². The highest BCUT2D eigenvalue weighted by Crippen LogP contribution is 2.21. The highest BCUT2D eigenvalue weighted by molar-refractivity contribution is 7.00. The van der Waals surface area contributed by atoms with Crippen molar-refractivity contribution in [2.75, 3.05) is 0 Å². The van der Waals surface area contributed by atoms with Gasteiger partial charge in [-0.25, -0.2) is 4.98 Å². The zero-order valence-electron chi connectivity index (χ0n) is 10.8. The maximum atomic E-state index is 9.32. The van der Waals surface area contributed by atoms with E-state index in [1.54, 1.807) is 6.07 Å². The van der Waals surface area contributed by atoms with Crippen LogP contribution in [0.1, 0.15) is 23.6 Å². The lowest BCUT2D eigenvalue weighted by Crippen LogP contribution is -1.86. The molecule has 0 bridgehead atoms. The first-order valence-electron chi connectivity index (χ1n) is 6.19. The normalized spacial score (nSPS) is 10.2. The predicted molar refractivity (Wildman–Crippen MR) is 78.7 cm³/mol. The highest BCUT2D eigenvalue weighted by atomic mass is 32.1. The molecule has 0 aliphatic rings. The Bertz CT molecular complexity index is 830. The molecule has 0 saturated carbocycles. The minimum atomic E-state index is -0.0291. The minimum Gasteiger partial charge on any atom is -0.493 e. The summed E-state index contributed by atoms with van der Waals surface area (Å²) in [6, 6.07) is 7.29. The smallest absolute Gasteiger partial charge is 0.211 e. The molecule has 0 aliphatic heterocycles. The Morgan fingerprint density at radius 1 is 1.15 bits per heavy atom. The number of aromatic hydroxyl groups is 1. The number of aryl methyl sites for hydroxylation is 1. The molecule has 0 saturated heterocycles. The van der Waals surface area contributed by atoms with Crippen LogP contribution in [0.15, 0.2) is 30.5 Å². The molecule has 1 aromatic carbocycles. The Morgan fingerprint density at radius 2 is 2.00 bits per heavy atom. The summed E-state index contributed by atoms with van der Waals surface area (Å²) in [5.41, 5.74) is 4.53. The third-order valence-electron chi connectivity index (χ3n) is 2.97. The second kappa shape index (κ2) is 5.27. The summed E-state index contributed by atoms with van der Waals surface area (Å²) in [5, 5.41) is 9.32. The van der Waals surface area contributed by atoms with Gasteiger partial charge >= 0.3 is 0 Å². The maximum Gasteiger partial charge on any atom is 0.211 e. The van der Waals surface area contributed by atoms with Crippen LogP contribution in [0.2, 0.25) is 0 Å². The fourth-order valence-electron chi connectivity index (χ4n) is 1.94. The van der Waals surface area contributed by atoms with E-state index >= 15 is 0 Å². The van der Waals surface area contributed by atoms with E-state index < -0.39 is 0 Å². The summed E-state index contributed by atoms with van der Waals surface area (Å²) in [4.78, 5) is 3.73. The van der Waals surface area contributed by atoms with Gasteiger partial charge in [-0.3, -0.25) is 0 Å². The topological polar surface area (TPSA) is 58.9 Å². The molecule has 98 valence electrons. The van der Waals surface area contributed by atoms with Crippen LogP contribution >= 0.6 is 11.7 Å². The van der Waals surface area contributed by atoms with Gasteiger partial charge in [0.2, 0.25) is 5.88 Å². The largest absolute Gasteiger partial charge is 0.493 e. The molecule has 0 spiro atoms. The average molecular weight is 281 g/mol. The first-order valence-corrected chi connectivity index (χ1v) is 6.92. The van der Waals surface area contributed by atoms with E-state index in [0.717, 1.165) is 23.0 Å². The average Bonchev–Trinajstić information content (AvgIpc) is 2.94. The van der Waals surface area contributed by atoms with Gasteiger partial charge in [0.05, 0.1) is 17.3 Å². The van der Waals surface area contributed by atoms with E-state index in [1.165, 1.54) is 29.6 Å². The van der Waals surface area contributed by atoms with Gasteiger partial charge in [-0.2, -0.15) is 8.75 Å². The van der Waals surface area contributed by atoms with E-state index in [1.807, 2.05) is 12.1 Å². The molecule has 0 atom stereocenters. The van der Waals surface area contributed by atoms with Gasteiger partial charge in [-0.1, -0.05) is 24.8 Å². The van der Waals surface area contributed by atoms with Gasteiger partial charge < -0.3 is 5.11 Å². The molecule has 0 fully saturated rings. The predicted octanol–water partition coefficient (Wildman–Crippen LogP) is 2.75. The van der Waals surface area contributed by atoms with Crippen LogP contribution in [0.4, 0.5) is 0 Å². The molecule has 3 aromatic rings. The zero-order valence-corrected chi connectivity index (χ0v) is 11.6. The van der Waals surface area contributed by atoms with Crippen molar-refractivity contribution in [3.05, 3.63) is 47.2 Å². The first-order chi connectivity index (χ1) is 9.78. The highest BCUT2D eigenvalue weighted by Gasteiger charge is 2.07. The first kappa shape index (κ1) is 12.6. The Morgan fingerprint density at radius 3 is 2.80 bits per heavy atom. The van der Waals surface area contributed by atoms with Crippen molar-refractivity contribution in [3.8, 4) is 17.7 Å². The van der Waals surface area contributed by atoms with Crippen LogP contribution in [0, 0.1) is 11.8 Å². The van der Waals surface area contributed by atoms with Crippen molar-refractivity contribution < 1.29 is 5.11 Å². The summed E-state index contributed by atoms with van der Waals surface area (Å²) in [6.45, 7) is 2.10. The number of rotatable bonds is 1. The molecule has 0 unspecified atom stereocenters. The van der Waals surface area contributed by atoms with E-state index in [2.05, 4.69) is 32.5 Å². The van der Waals surface area contributed by atoms with E-state index in [0.29, 0.717) is 5.56 Å². The van der Waals surface area contributed by atoms with Gasteiger partial charge in [0.25, 0.3) is 0 Å². The van der Waals surface area contributed by atoms with Crippen LogP contribution in [0.5, 0.6) is 5.88 Å². The van der Waals surface area contributed by atoms with E-state index in [-0.39, 0.29) is 5.88 Å². The summed E-state index contributed by atoms with van der Waals surface area (Å²) in [7, 11) is 0. The van der Waals surface area contributed by atoms with Crippen molar-refractivity contribution in [3.63, 3.8) is 0 Å². The Balaban J connectivity index is 2.06. The number of pyridine rings is 1. The van der Waals surface area contributed by atoms with E-state index in [4.69, 9.17) is 0 Å². The second-order valence-electron chi connectivity index (χ2n) is 4.24. The van der Waals surface area contributed by atoms with Gasteiger partial charge in [0.15, 0.2) is 0 Å². The van der Waals surface area contributed by atoms with Crippen molar-refractivity contribution >= 4 is 22.8 Å². The second-order valence-corrected chi connectivity index (χ2v) is 4.77. The Kier molecular flexibility index (Phi) is 3.32.